The molecule has 1 aliphatic heterocycles. The third-order valence-corrected chi connectivity index (χ3v) is 13.4. The second-order valence-corrected chi connectivity index (χ2v) is 19.7. The number of hydrogen-bond donors (Lipinski definition) is 6. The number of unbranched alkanes of at least 4 members (excludes halogenated alkanes) is 34. The molecule has 9 nitrogen and oxygen atoms in total. The topological polar surface area (TPSA) is 149 Å². The van der Waals surface area contributed by atoms with E-state index in [0.717, 1.165) is 38.5 Å². The van der Waals surface area contributed by atoms with Crippen LogP contribution in [0.5, 0.6) is 0 Å². The monoisotopic (exact) mass is 934 g/mol. The highest BCUT2D eigenvalue weighted by molar-refractivity contribution is 5.76. The van der Waals surface area contributed by atoms with Crippen LogP contribution in [-0.4, -0.2) is 87.5 Å². The molecule has 7 unspecified atom stereocenters. The van der Waals surface area contributed by atoms with Gasteiger partial charge in [-0.25, -0.2) is 0 Å². The standard InChI is InChI=1S/C57H107NO8/c1-3-5-7-9-11-13-15-16-17-18-19-20-21-22-23-24-25-26-27-28-29-30-31-32-33-34-35-36-37-39-41-43-45-47-53(61)58-50(49-65-57-56(64)55(63)54(62)52(48-59)66-57)51(60)46-44-42-40-38-14-12-10-8-6-4-2/h14,18-19,38,44,46,50-52,54-57,59-60,62-64H,3-13,15-17,20-37,39-43,45,47-49H2,1-2H3,(H,58,61)/b19-18-,38-14+,46-44+. The molecule has 66 heavy (non-hydrogen) atoms. The van der Waals surface area contributed by atoms with E-state index in [4.69, 9.17) is 9.47 Å². The number of allylic oxidation sites excluding steroid dienone is 5. The van der Waals surface area contributed by atoms with Crippen LogP contribution in [-0.2, 0) is 14.3 Å². The molecule has 0 radical (unpaired) electrons. The zero-order valence-corrected chi connectivity index (χ0v) is 43.0. The summed E-state index contributed by atoms with van der Waals surface area (Å²) in [6.07, 6.45) is 53.9. The van der Waals surface area contributed by atoms with Crippen molar-refractivity contribution in [2.45, 2.75) is 307 Å². The fourth-order valence-electron chi connectivity index (χ4n) is 8.93. The maximum absolute atomic E-state index is 13.0. The lowest BCUT2D eigenvalue weighted by Gasteiger charge is -2.40. The molecule has 9 heteroatoms. The van der Waals surface area contributed by atoms with E-state index in [9.17, 15) is 30.3 Å². The number of carbonyl (C=O) groups is 1. The molecule has 0 aromatic heterocycles. The first-order chi connectivity index (χ1) is 32.3. The largest absolute Gasteiger partial charge is 0.394 e. The van der Waals surface area contributed by atoms with E-state index in [-0.39, 0.29) is 12.5 Å². The average Bonchev–Trinajstić information content (AvgIpc) is 3.32. The van der Waals surface area contributed by atoms with Gasteiger partial charge < -0.3 is 40.3 Å². The highest BCUT2D eigenvalue weighted by atomic mass is 16.7. The molecule has 0 aromatic rings. The number of aliphatic hydroxyl groups excluding tert-OH is 5. The first kappa shape index (κ1) is 62.4. The number of nitrogens with one attached hydrogen (secondary N) is 1. The summed E-state index contributed by atoms with van der Waals surface area (Å²) in [4.78, 5) is 13.0. The number of carbonyl (C=O) groups excluding carboxylic acids is 1. The van der Waals surface area contributed by atoms with Gasteiger partial charge in [0.05, 0.1) is 25.4 Å². The molecule has 388 valence electrons. The smallest absolute Gasteiger partial charge is 0.220 e. The van der Waals surface area contributed by atoms with Crippen LogP contribution in [0.1, 0.15) is 264 Å². The van der Waals surface area contributed by atoms with Crippen LogP contribution < -0.4 is 5.32 Å². The van der Waals surface area contributed by atoms with Gasteiger partial charge in [0.15, 0.2) is 6.29 Å². The average molecular weight is 934 g/mol. The minimum absolute atomic E-state index is 0.185. The highest BCUT2D eigenvalue weighted by Gasteiger charge is 2.44. The predicted molar refractivity (Wildman–Crippen MR) is 276 cm³/mol. The van der Waals surface area contributed by atoms with Crippen molar-refractivity contribution in [1.29, 1.82) is 0 Å². The van der Waals surface area contributed by atoms with E-state index in [1.54, 1.807) is 6.08 Å². The van der Waals surface area contributed by atoms with Crippen molar-refractivity contribution in [2.75, 3.05) is 13.2 Å². The van der Waals surface area contributed by atoms with Crippen molar-refractivity contribution in [3.63, 3.8) is 0 Å². The summed E-state index contributed by atoms with van der Waals surface area (Å²) in [5, 5.41) is 54.2. The molecule has 1 heterocycles. The third kappa shape index (κ3) is 36.4. The van der Waals surface area contributed by atoms with Crippen molar-refractivity contribution in [2.24, 2.45) is 0 Å². The molecule has 6 N–H and O–H groups in total. The summed E-state index contributed by atoms with van der Waals surface area (Å²) in [5.41, 5.74) is 0. The van der Waals surface area contributed by atoms with E-state index in [1.807, 2.05) is 6.08 Å². The SMILES string of the molecule is CCCCCC/C=C/CC/C=C/C(O)C(COC1OC(CO)C(O)C(O)C1O)NC(=O)CCCCCCCCCCCCCCCCCCCCCCC/C=C\CCCCCCCCCC. The maximum atomic E-state index is 13.0. The van der Waals surface area contributed by atoms with Crippen LogP contribution in [0.2, 0.25) is 0 Å². The van der Waals surface area contributed by atoms with Crippen LogP contribution in [0.3, 0.4) is 0 Å². The Morgan fingerprint density at radius 3 is 1.29 bits per heavy atom. The zero-order chi connectivity index (χ0) is 48.0. The Kier molecular flexibility index (Phi) is 44.6. The lowest BCUT2D eigenvalue weighted by atomic mass is 9.99. The Balaban J connectivity index is 2.07. The first-order valence-corrected chi connectivity index (χ1v) is 28.2. The lowest BCUT2D eigenvalue weighted by Crippen LogP contribution is -2.60. The van der Waals surface area contributed by atoms with Crippen molar-refractivity contribution in [3.8, 4) is 0 Å². The minimum Gasteiger partial charge on any atom is -0.394 e. The van der Waals surface area contributed by atoms with E-state index in [0.29, 0.717) is 6.42 Å². The number of amides is 1. The molecule has 0 spiro atoms. The zero-order valence-electron chi connectivity index (χ0n) is 43.0. The fourth-order valence-corrected chi connectivity index (χ4v) is 8.93. The van der Waals surface area contributed by atoms with E-state index < -0.39 is 49.5 Å². The Morgan fingerprint density at radius 2 is 0.864 bits per heavy atom. The molecule has 1 amide bonds. The minimum atomic E-state index is -1.57. The third-order valence-electron chi connectivity index (χ3n) is 13.4. The molecule has 1 rings (SSSR count). The number of rotatable bonds is 48. The van der Waals surface area contributed by atoms with Gasteiger partial charge in [0.25, 0.3) is 0 Å². The van der Waals surface area contributed by atoms with Crippen molar-refractivity contribution in [1.82, 2.24) is 5.32 Å². The van der Waals surface area contributed by atoms with Gasteiger partial charge >= 0.3 is 0 Å². The van der Waals surface area contributed by atoms with Gasteiger partial charge in [-0.3, -0.25) is 4.79 Å². The van der Waals surface area contributed by atoms with Gasteiger partial charge in [0, 0.05) is 6.42 Å². The van der Waals surface area contributed by atoms with Crippen LogP contribution in [0.25, 0.3) is 0 Å². The van der Waals surface area contributed by atoms with Crippen molar-refractivity contribution < 1.29 is 39.8 Å². The van der Waals surface area contributed by atoms with Crippen LogP contribution in [0, 0.1) is 0 Å². The molecule has 0 aromatic carbocycles. The summed E-state index contributed by atoms with van der Waals surface area (Å²) in [7, 11) is 0. The second kappa shape index (κ2) is 47.1. The molecule has 1 fully saturated rings. The Bertz CT molecular complexity index is 1130. The molecule has 1 aliphatic rings. The van der Waals surface area contributed by atoms with E-state index in [2.05, 4.69) is 43.5 Å². The summed E-state index contributed by atoms with van der Waals surface area (Å²) >= 11 is 0. The first-order valence-electron chi connectivity index (χ1n) is 28.2. The molecule has 7 atom stereocenters. The molecular formula is C57H107NO8. The van der Waals surface area contributed by atoms with Crippen molar-refractivity contribution >= 4 is 5.91 Å². The van der Waals surface area contributed by atoms with Gasteiger partial charge in [0.2, 0.25) is 5.91 Å². The molecule has 1 saturated heterocycles. The summed E-state index contributed by atoms with van der Waals surface area (Å²) < 4.78 is 11.2. The van der Waals surface area contributed by atoms with Gasteiger partial charge in [0.1, 0.15) is 24.4 Å². The van der Waals surface area contributed by atoms with Gasteiger partial charge in [-0.2, -0.15) is 0 Å². The predicted octanol–water partition coefficient (Wildman–Crippen LogP) is 13.6. The summed E-state index contributed by atoms with van der Waals surface area (Å²) in [6, 6.07) is -0.818. The van der Waals surface area contributed by atoms with Crippen LogP contribution in [0.15, 0.2) is 36.5 Å². The van der Waals surface area contributed by atoms with Crippen LogP contribution >= 0.6 is 0 Å². The summed E-state index contributed by atoms with van der Waals surface area (Å²) in [6.45, 7) is 3.73. The number of aliphatic hydroxyl groups is 5. The number of ether oxygens (including phenoxy) is 2. The Hall–Kier alpha value is -1.59. The lowest BCUT2D eigenvalue weighted by molar-refractivity contribution is -0.302. The van der Waals surface area contributed by atoms with Crippen molar-refractivity contribution in [3.05, 3.63) is 36.5 Å². The van der Waals surface area contributed by atoms with Gasteiger partial charge in [-0.1, -0.05) is 237 Å². The normalized spacial score (nSPS) is 20.0. The highest BCUT2D eigenvalue weighted by Crippen LogP contribution is 2.23. The van der Waals surface area contributed by atoms with Gasteiger partial charge in [-0.15, -0.1) is 0 Å². The Morgan fingerprint density at radius 1 is 0.500 bits per heavy atom. The molecule has 0 saturated carbocycles. The Labute approximate surface area is 406 Å². The maximum Gasteiger partial charge on any atom is 0.220 e. The van der Waals surface area contributed by atoms with E-state index >= 15 is 0 Å². The summed E-state index contributed by atoms with van der Waals surface area (Å²) in [5.74, 6) is -0.185. The molecule has 0 bridgehead atoms. The van der Waals surface area contributed by atoms with Crippen LogP contribution in [0.4, 0.5) is 0 Å². The number of hydrogen-bond acceptors (Lipinski definition) is 8. The van der Waals surface area contributed by atoms with E-state index in [1.165, 1.54) is 205 Å². The fraction of sp³-hybridized carbons (Fsp3) is 0.877. The molecule has 0 aliphatic carbocycles. The van der Waals surface area contributed by atoms with Gasteiger partial charge in [-0.05, 0) is 57.8 Å². The second-order valence-electron chi connectivity index (χ2n) is 19.7. The molecular weight excluding hydrogens is 827 g/mol. The quantitative estimate of drug-likeness (QED) is 0.0261.